The predicted molar refractivity (Wildman–Crippen MR) is 53.0 cm³/mol. The lowest BCUT2D eigenvalue weighted by atomic mass is 9.83. The lowest BCUT2D eigenvalue weighted by Crippen LogP contribution is -2.26. The molecule has 2 aliphatic rings. The summed E-state index contributed by atoms with van der Waals surface area (Å²) >= 11 is 0. The van der Waals surface area contributed by atoms with Crippen LogP contribution >= 0.6 is 0 Å². The Kier molecular flexibility index (Phi) is 2.24. The minimum Gasteiger partial charge on any atom is -0.444 e. The third kappa shape index (κ3) is 1.40. The van der Waals surface area contributed by atoms with Crippen molar-refractivity contribution in [2.45, 2.75) is 26.2 Å². The largest absolute Gasteiger partial charge is 0.444 e. The van der Waals surface area contributed by atoms with E-state index in [1.165, 1.54) is 0 Å². The molecule has 2 rings (SSSR count). The van der Waals surface area contributed by atoms with Crippen LogP contribution in [0.3, 0.4) is 0 Å². The fraction of sp³-hybridized carbons (Fsp3) is 0.455. The van der Waals surface area contributed by atoms with Crippen molar-refractivity contribution >= 4 is 5.78 Å². The highest BCUT2D eigenvalue weighted by Gasteiger charge is 2.33. The van der Waals surface area contributed by atoms with E-state index >= 15 is 0 Å². The van der Waals surface area contributed by atoms with Gasteiger partial charge in [0.15, 0.2) is 5.78 Å². The molecule has 0 spiro atoms. The average molecular weight is 204 g/mol. The third-order valence-corrected chi connectivity index (χ3v) is 2.89. The average Bonchev–Trinajstić information content (AvgIpc) is 2.17. The normalized spacial score (nSPS) is 25.9. The van der Waals surface area contributed by atoms with Crippen molar-refractivity contribution in [1.29, 1.82) is 5.26 Å². The summed E-state index contributed by atoms with van der Waals surface area (Å²) < 4.78 is 5.33. The molecular formula is C11H12N2O2. The number of hydrogen-bond donors (Lipinski definition) is 1. The Morgan fingerprint density at radius 1 is 1.53 bits per heavy atom. The molecule has 0 aromatic heterocycles. The molecule has 78 valence electrons. The number of nitrogens with two attached hydrogens (primary N) is 1. The highest BCUT2D eigenvalue weighted by Crippen LogP contribution is 2.36. The van der Waals surface area contributed by atoms with Gasteiger partial charge >= 0.3 is 0 Å². The lowest BCUT2D eigenvalue weighted by Gasteiger charge is -2.28. The molecule has 0 unspecified atom stereocenters. The summed E-state index contributed by atoms with van der Waals surface area (Å²) in [7, 11) is 0. The molecule has 4 nitrogen and oxygen atoms in total. The van der Waals surface area contributed by atoms with E-state index in [4.69, 9.17) is 15.7 Å². The van der Waals surface area contributed by atoms with Gasteiger partial charge in [-0.2, -0.15) is 5.26 Å². The molecule has 0 saturated heterocycles. The number of nitrogens with zero attached hydrogens (tertiary/aromatic N) is 1. The molecule has 1 aliphatic carbocycles. The highest BCUT2D eigenvalue weighted by atomic mass is 16.5. The van der Waals surface area contributed by atoms with Crippen LogP contribution in [0.4, 0.5) is 0 Å². The summed E-state index contributed by atoms with van der Waals surface area (Å²) in [5, 5.41) is 8.91. The number of rotatable bonds is 0. The molecule has 4 heteroatoms. The van der Waals surface area contributed by atoms with E-state index < -0.39 is 0 Å². The van der Waals surface area contributed by atoms with Crippen molar-refractivity contribution in [3.63, 3.8) is 0 Å². The van der Waals surface area contributed by atoms with E-state index in [1.807, 2.05) is 13.0 Å². The Bertz CT molecular complexity index is 426. The fourth-order valence-corrected chi connectivity index (χ4v) is 2.12. The minimum atomic E-state index is -0.216. The van der Waals surface area contributed by atoms with Gasteiger partial charge in [0.05, 0.1) is 5.57 Å². The molecular weight excluding hydrogens is 192 g/mol. The molecule has 0 fully saturated rings. The number of Topliss-reactive ketones (excluding diaryl/α,β-unsaturated/α-hetero) is 1. The summed E-state index contributed by atoms with van der Waals surface area (Å²) in [6.07, 6.45) is 2.09. The van der Waals surface area contributed by atoms with Gasteiger partial charge in [0, 0.05) is 24.3 Å². The molecule has 15 heavy (non-hydrogen) atoms. The van der Waals surface area contributed by atoms with Crippen molar-refractivity contribution < 1.29 is 9.53 Å². The van der Waals surface area contributed by atoms with Crippen LogP contribution in [0.2, 0.25) is 0 Å². The summed E-state index contributed by atoms with van der Waals surface area (Å²) in [5.74, 6) is 0.684. The van der Waals surface area contributed by atoms with Crippen LogP contribution in [-0.2, 0) is 9.53 Å². The van der Waals surface area contributed by atoms with E-state index in [0.717, 1.165) is 12.8 Å². The maximum atomic E-state index is 11.7. The van der Waals surface area contributed by atoms with Gasteiger partial charge in [0.1, 0.15) is 11.8 Å². The van der Waals surface area contributed by atoms with Gasteiger partial charge in [0.25, 0.3) is 0 Å². The first-order valence-electron chi connectivity index (χ1n) is 4.99. The topological polar surface area (TPSA) is 76.1 Å². The molecule has 0 radical (unpaired) electrons. The van der Waals surface area contributed by atoms with E-state index in [2.05, 4.69) is 0 Å². The molecule has 1 atom stereocenters. The fourth-order valence-electron chi connectivity index (χ4n) is 2.12. The summed E-state index contributed by atoms with van der Waals surface area (Å²) in [5.41, 5.74) is 6.63. The smallest absolute Gasteiger partial charge is 0.204 e. The zero-order chi connectivity index (χ0) is 11.0. The van der Waals surface area contributed by atoms with Crippen molar-refractivity contribution in [3.05, 3.63) is 22.8 Å². The van der Waals surface area contributed by atoms with Gasteiger partial charge in [0.2, 0.25) is 5.88 Å². The van der Waals surface area contributed by atoms with E-state index in [1.54, 1.807) is 0 Å². The van der Waals surface area contributed by atoms with Crippen molar-refractivity contribution in [3.8, 4) is 6.07 Å². The van der Waals surface area contributed by atoms with Gasteiger partial charge in [-0.3, -0.25) is 4.79 Å². The maximum Gasteiger partial charge on any atom is 0.204 e. The van der Waals surface area contributed by atoms with Gasteiger partial charge < -0.3 is 10.5 Å². The second-order valence-electron chi connectivity index (χ2n) is 3.83. The molecule has 0 aromatic rings. The second kappa shape index (κ2) is 3.43. The number of ether oxygens (including phenoxy) is 1. The molecule has 0 aromatic carbocycles. The van der Waals surface area contributed by atoms with Gasteiger partial charge in [-0.15, -0.1) is 0 Å². The number of nitriles is 1. The van der Waals surface area contributed by atoms with Crippen LogP contribution in [0, 0.1) is 17.2 Å². The van der Waals surface area contributed by atoms with Crippen LogP contribution in [0.25, 0.3) is 0 Å². The Balaban J connectivity index is 2.44. The minimum absolute atomic E-state index is 0.0870. The van der Waals surface area contributed by atoms with E-state index in [0.29, 0.717) is 23.3 Å². The quantitative estimate of drug-likeness (QED) is 0.646. The maximum absolute atomic E-state index is 11.7. The zero-order valence-corrected chi connectivity index (χ0v) is 8.54. The standard InChI is InChI=1S/C11H12N2O2/c1-6-7(5-12)11(13)15-9-4-2-3-8(14)10(6)9/h6H,2-4,13H2,1H3/t6-/m1/s1. The van der Waals surface area contributed by atoms with Crippen LogP contribution in [-0.4, -0.2) is 5.78 Å². The molecule has 0 saturated carbocycles. The second-order valence-corrected chi connectivity index (χ2v) is 3.83. The number of carbonyl (C=O) groups excluding carboxylic acids is 1. The van der Waals surface area contributed by atoms with Crippen molar-refractivity contribution in [2.24, 2.45) is 11.7 Å². The molecule has 2 N–H and O–H groups in total. The molecule has 1 aliphatic heterocycles. The van der Waals surface area contributed by atoms with E-state index in [9.17, 15) is 4.79 Å². The van der Waals surface area contributed by atoms with Crippen LogP contribution < -0.4 is 5.73 Å². The first-order chi connectivity index (χ1) is 7.15. The van der Waals surface area contributed by atoms with Crippen LogP contribution in [0.5, 0.6) is 0 Å². The Morgan fingerprint density at radius 2 is 2.27 bits per heavy atom. The molecule has 1 heterocycles. The van der Waals surface area contributed by atoms with Gasteiger partial charge in [-0.05, 0) is 6.42 Å². The first-order valence-corrected chi connectivity index (χ1v) is 4.99. The lowest BCUT2D eigenvalue weighted by molar-refractivity contribution is -0.116. The van der Waals surface area contributed by atoms with E-state index in [-0.39, 0.29) is 17.6 Å². The predicted octanol–water partition coefficient (Wildman–Crippen LogP) is 1.35. The first kappa shape index (κ1) is 9.78. The van der Waals surface area contributed by atoms with Crippen molar-refractivity contribution in [2.75, 3.05) is 0 Å². The van der Waals surface area contributed by atoms with Crippen LogP contribution in [0.1, 0.15) is 26.2 Å². The summed E-state index contributed by atoms with van der Waals surface area (Å²) in [4.78, 5) is 11.7. The van der Waals surface area contributed by atoms with Crippen molar-refractivity contribution in [1.82, 2.24) is 0 Å². The highest BCUT2D eigenvalue weighted by molar-refractivity contribution is 5.98. The number of carbonyl (C=O) groups is 1. The van der Waals surface area contributed by atoms with Crippen LogP contribution in [0.15, 0.2) is 22.8 Å². The zero-order valence-electron chi connectivity index (χ0n) is 8.54. The Morgan fingerprint density at radius 3 is 2.93 bits per heavy atom. The number of hydrogen-bond acceptors (Lipinski definition) is 4. The monoisotopic (exact) mass is 204 g/mol. The molecule has 0 bridgehead atoms. The summed E-state index contributed by atoms with van der Waals surface area (Å²) in [6.45, 7) is 1.83. The Hall–Kier alpha value is -1.76. The third-order valence-electron chi connectivity index (χ3n) is 2.89. The Labute approximate surface area is 88.0 Å². The summed E-state index contributed by atoms with van der Waals surface area (Å²) in [6, 6.07) is 2.00. The van der Waals surface area contributed by atoms with Gasteiger partial charge in [-0.25, -0.2) is 0 Å². The molecule has 0 amide bonds. The SMILES string of the molecule is C[C@@H]1C(C#N)=C(N)OC2=C1C(=O)CCC2. The van der Waals surface area contributed by atoms with Gasteiger partial charge in [-0.1, -0.05) is 6.92 Å². The number of allylic oxidation sites excluding steroid dienone is 3. The number of ketones is 1.